The van der Waals surface area contributed by atoms with Crippen molar-refractivity contribution in [2.24, 2.45) is 11.1 Å². The van der Waals surface area contributed by atoms with Crippen LogP contribution in [0, 0.1) is 5.41 Å². The number of hydrogen-bond donors (Lipinski definition) is 3. The monoisotopic (exact) mass is 511 g/mol. The number of carbonyl (C=O) groups excluding carboxylic acids is 3. The number of benzene rings is 2. The van der Waals surface area contributed by atoms with Crippen molar-refractivity contribution in [3.8, 4) is 0 Å². The molecule has 1 aromatic heterocycles. The zero-order chi connectivity index (χ0) is 27.1. The molecule has 3 amide bonds. The number of nitrogens with one attached hydrogen (secondary N) is 2. The van der Waals surface area contributed by atoms with Gasteiger partial charge >= 0.3 is 0 Å². The summed E-state index contributed by atoms with van der Waals surface area (Å²) in [7, 11) is 0. The molecule has 2 heterocycles. The number of rotatable bonds is 6. The Kier molecular flexibility index (Phi) is 6.53. The highest BCUT2D eigenvalue weighted by molar-refractivity contribution is 6.06. The largest absolute Gasteiger partial charge is 0.329 e. The summed E-state index contributed by atoms with van der Waals surface area (Å²) in [5, 5.41) is 5.88. The Morgan fingerprint density at radius 1 is 1.05 bits per heavy atom. The van der Waals surface area contributed by atoms with Gasteiger partial charge in [0.15, 0.2) is 0 Å². The van der Waals surface area contributed by atoms with Gasteiger partial charge < -0.3 is 21.3 Å². The van der Waals surface area contributed by atoms with E-state index in [4.69, 9.17) is 5.73 Å². The third kappa shape index (κ3) is 4.79. The molecule has 0 radical (unpaired) electrons. The first kappa shape index (κ1) is 25.6. The molecule has 8 nitrogen and oxygen atoms in total. The quantitative estimate of drug-likeness (QED) is 0.468. The van der Waals surface area contributed by atoms with Gasteiger partial charge in [-0.05, 0) is 53.3 Å². The zero-order valence-electron chi connectivity index (χ0n) is 22.0. The number of nitrogens with two attached hydrogens (primary N) is 1. The number of nitrogens with zero attached hydrogens (tertiary/aromatic N) is 2. The minimum absolute atomic E-state index is 0.0389. The summed E-state index contributed by atoms with van der Waals surface area (Å²) in [6.45, 7) is 6.18. The van der Waals surface area contributed by atoms with Crippen molar-refractivity contribution >= 4 is 29.2 Å². The predicted molar refractivity (Wildman–Crippen MR) is 146 cm³/mol. The lowest BCUT2D eigenvalue weighted by Gasteiger charge is -2.29. The van der Waals surface area contributed by atoms with E-state index in [0.29, 0.717) is 37.4 Å². The first-order valence-electron chi connectivity index (χ1n) is 12.8. The van der Waals surface area contributed by atoms with E-state index < -0.39 is 10.8 Å². The number of aromatic nitrogens is 1. The van der Waals surface area contributed by atoms with Gasteiger partial charge in [0.1, 0.15) is 12.4 Å². The van der Waals surface area contributed by atoms with Gasteiger partial charge in [-0.3, -0.25) is 14.4 Å². The Bertz CT molecular complexity index is 1430. The van der Waals surface area contributed by atoms with E-state index in [1.165, 1.54) is 0 Å². The topological polar surface area (TPSA) is 117 Å². The fourth-order valence-corrected chi connectivity index (χ4v) is 5.47. The Balaban J connectivity index is 1.32. The van der Waals surface area contributed by atoms with E-state index in [2.05, 4.69) is 15.6 Å². The van der Waals surface area contributed by atoms with Crippen molar-refractivity contribution in [3.05, 3.63) is 88.6 Å². The minimum atomic E-state index is -0.664. The van der Waals surface area contributed by atoms with Crippen molar-refractivity contribution in [1.82, 2.24) is 9.88 Å². The lowest BCUT2D eigenvalue weighted by molar-refractivity contribution is -0.142. The molecule has 1 spiro atoms. The SMILES string of the molecule is CC(C)(C)C(=O)N(CC(=O)Nc1ccc2c(c1)CC1(C2)C(=O)Nc2ncccc21)Cc1cccc(CN)c1. The van der Waals surface area contributed by atoms with Crippen LogP contribution < -0.4 is 16.4 Å². The van der Waals surface area contributed by atoms with Crippen LogP contribution in [0.15, 0.2) is 60.8 Å². The van der Waals surface area contributed by atoms with Crippen molar-refractivity contribution in [2.75, 3.05) is 17.2 Å². The Hall–Kier alpha value is -4.04. The van der Waals surface area contributed by atoms with Gasteiger partial charge in [0.25, 0.3) is 0 Å². The van der Waals surface area contributed by atoms with Gasteiger partial charge in [0.05, 0.1) is 5.41 Å². The van der Waals surface area contributed by atoms with Crippen molar-refractivity contribution < 1.29 is 14.4 Å². The maximum atomic E-state index is 13.2. The van der Waals surface area contributed by atoms with Gasteiger partial charge in [0, 0.05) is 36.0 Å². The normalized spacial score (nSPS) is 17.6. The maximum absolute atomic E-state index is 13.2. The van der Waals surface area contributed by atoms with Crippen LogP contribution in [0.2, 0.25) is 0 Å². The average Bonchev–Trinajstić information content (AvgIpc) is 3.39. The lowest BCUT2D eigenvalue weighted by atomic mass is 9.79. The predicted octanol–water partition coefficient (Wildman–Crippen LogP) is 3.54. The lowest BCUT2D eigenvalue weighted by Crippen LogP contribution is -2.43. The summed E-state index contributed by atoms with van der Waals surface area (Å²) < 4.78 is 0. The summed E-state index contributed by atoms with van der Waals surface area (Å²) in [5.41, 5.74) is 10.0. The molecule has 1 atom stereocenters. The molecule has 0 fully saturated rings. The minimum Gasteiger partial charge on any atom is -0.329 e. The van der Waals surface area contributed by atoms with Crippen LogP contribution in [0.3, 0.4) is 0 Å². The van der Waals surface area contributed by atoms with Gasteiger partial charge in [-0.25, -0.2) is 4.98 Å². The molecule has 5 rings (SSSR count). The van der Waals surface area contributed by atoms with Crippen LogP contribution >= 0.6 is 0 Å². The first-order chi connectivity index (χ1) is 18.1. The fraction of sp³-hybridized carbons (Fsp3) is 0.333. The molecule has 1 aliphatic heterocycles. The molecule has 4 N–H and O–H groups in total. The molecule has 38 heavy (non-hydrogen) atoms. The highest BCUT2D eigenvalue weighted by Gasteiger charge is 2.51. The second-order valence-corrected chi connectivity index (χ2v) is 11.3. The Morgan fingerprint density at radius 3 is 2.58 bits per heavy atom. The molecule has 196 valence electrons. The molecule has 8 heteroatoms. The number of fused-ring (bicyclic) bond motifs is 3. The summed E-state index contributed by atoms with van der Waals surface area (Å²) in [6.07, 6.45) is 2.82. The zero-order valence-corrected chi connectivity index (χ0v) is 22.0. The average molecular weight is 512 g/mol. The Morgan fingerprint density at radius 2 is 1.82 bits per heavy atom. The van der Waals surface area contributed by atoms with Crippen LogP contribution in [0.1, 0.15) is 48.6 Å². The highest BCUT2D eigenvalue weighted by atomic mass is 16.2. The molecule has 1 unspecified atom stereocenters. The summed E-state index contributed by atoms with van der Waals surface area (Å²) >= 11 is 0. The van der Waals surface area contributed by atoms with E-state index in [-0.39, 0.29) is 24.3 Å². The van der Waals surface area contributed by atoms with E-state index in [9.17, 15) is 14.4 Å². The van der Waals surface area contributed by atoms with Gasteiger partial charge in [-0.15, -0.1) is 0 Å². The van der Waals surface area contributed by atoms with E-state index >= 15 is 0 Å². The number of amides is 3. The van der Waals surface area contributed by atoms with Gasteiger partial charge in [0.2, 0.25) is 17.7 Å². The highest BCUT2D eigenvalue weighted by Crippen LogP contribution is 2.46. The van der Waals surface area contributed by atoms with Crippen LogP contribution in [0.5, 0.6) is 0 Å². The van der Waals surface area contributed by atoms with E-state index in [1.54, 1.807) is 11.1 Å². The second kappa shape index (κ2) is 9.68. The number of carbonyl (C=O) groups is 3. The van der Waals surface area contributed by atoms with Crippen molar-refractivity contribution in [1.29, 1.82) is 0 Å². The Labute approximate surface area is 222 Å². The molecule has 1 aliphatic carbocycles. The smallest absolute Gasteiger partial charge is 0.244 e. The molecular formula is C30H33N5O3. The first-order valence-corrected chi connectivity index (χ1v) is 12.8. The van der Waals surface area contributed by atoms with Crippen molar-refractivity contribution in [2.45, 2.75) is 52.1 Å². The van der Waals surface area contributed by atoms with Crippen LogP contribution in [-0.2, 0) is 45.7 Å². The van der Waals surface area contributed by atoms with Gasteiger partial charge in [-0.1, -0.05) is 57.2 Å². The standard InChI is InChI=1S/C30H33N5O3/c1-29(2,3)28(38)35(17-20-7-4-6-19(12-20)16-31)18-25(36)33-23-10-9-21-14-30(15-22(21)13-23)24-8-5-11-32-26(24)34-27(30)37/h4-13H,14-18,31H2,1-3H3,(H,33,36)(H,32,34,37). The number of pyridine rings is 1. The number of hydrogen-bond acceptors (Lipinski definition) is 5. The van der Waals surface area contributed by atoms with E-state index in [1.807, 2.05) is 75.4 Å². The van der Waals surface area contributed by atoms with Crippen LogP contribution in [0.4, 0.5) is 11.5 Å². The molecule has 2 aliphatic rings. The molecule has 3 aromatic rings. The van der Waals surface area contributed by atoms with Crippen LogP contribution in [0.25, 0.3) is 0 Å². The molecule has 2 aromatic carbocycles. The maximum Gasteiger partial charge on any atom is 0.244 e. The third-order valence-corrected chi connectivity index (χ3v) is 7.33. The third-order valence-electron chi connectivity index (χ3n) is 7.33. The van der Waals surface area contributed by atoms with E-state index in [0.717, 1.165) is 27.8 Å². The fourth-order valence-electron chi connectivity index (χ4n) is 5.47. The van der Waals surface area contributed by atoms with Gasteiger partial charge in [-0.2, -0.15) is 0 Å². The molecular weight excluding hydrogens is 478 g/mol. The summed E-state index contributed by atoms with van der Waals surface area (Å²) in [4.78, 5) is 45.2. The number of anilines is 2. The molecule has 0 saturated heterocycles. The summed E-state index contributed by atoms with van der Waals surface area (Å²) in [6, 6.07) is 17.3. The summed E-state index contributed by atoms with van der Waals surface area (Å²) in [5.74, 6) is 0.196. The molecule has 0 saturated carbocycles. The van der Waals surface area contributed by atoms with Crippen LogP contribution in [-0.4, -0.2) is 34.2 Å². The molecule has 0 bridgehead atoms. The van der Waals surface area contributed by atoms with Crippen molar-refractivity contribution in [3.63, 3.8) is 0 Å². The second-order valence-electron chi connectivity index (χ2n) is 11.3.